The van der Waals surface area contributed by atoms with E-state index in [1.54, 1.807) is 24.4 Å². The van der Waals surface area contributed by atoms with Crippen LogP contribution in [-0.4, -0.2) is 65.9 Å². The van der Waals surface area contributed by atoms with Crippen LogP contribution < -0.4 is 24.3 Å². The van der Waals surface area contributed by atoms with E-state index >= 15 is 0 Å². The highest BCUT2D eigenvalue weighted by molar-refractivity contribution is 6.04. The second-order valence-corrected chi connectivity index (χ2v) is 8.85. The largest absolute Gasteiger partial charge is 0.493 e. The smallest absolute Gasteiger partial charge is 0.422 e. The number of alkyl halides is 3. The number of methoxy groups -OCH3 is 2. The number of aromatic nitrogens is 4. The van der Waals surface area contributed by atoms with Crippen molar-refractivity contribution < 1.29 is 41.7 Å². The Kier molecular flexibility index (Phi) is 7.60. The van der Waals surface area contributed by atoms with Gasteiger partial charge >= 0.3 is 6.18 Å². The van der Waals surface area contributed by atoms with Crippen LogP contribution in [0.3, 0.4) is 0 Å². The summed E-state index contributed by atoms with van der Waals surface area (Å²) < 4.78 is 66.2. The number of nitrogens with zero attached hydrogens (tertiary/aromatic N) is 4. The molecule has 210 valence electrons. The number of fused-ring (bicyclic) bond motifs is 1. The number of carbonyl (C=O) groups is 1. The number of carbonyl (C=O) groups excluding carboxylic acids is 1. The van der Waals surface area contributed by atoms with Gasteiger partial charge in [-0.3, -0.25) is 14.5 Å². The van der Waals surface area contributed by atoms with Gasteiger partial charge in [0.25, 0.3) is 5.91 Å². The van der Waals surface area contributed by atoms with E-state index in [9.17, 15) is 18.0 Å². The first-order chi connectivity index (χ1) is 19.2. The maximum atomic E-state index is 12.9. The lowest BCUT2D eigenvalue weighted by atomic mass is 10.1. The molecule has 3 aromatic heterocycles. The Morgan fingerprint density at radius 1 is 1.07 bits per heavy atom. The summed E-state index contributed by atoms with van der Waals surface area (Å²) in [7, 11) is 3.05. The highest BCUT2D eigenvalue weighted by Gasteiger charge is 2.31. The predicted molar refractivity (Wildman–Crippen MR) is 135 cm³/mol. The van der Waals surface area contributed by atoms with E-state index in [2.05, 4.69) is 20.4 Å². The molecule has 0 aliphatic carbocycles. The van der Waals surface area contributed by atoms with Crippen LogP contribution in [0.4, 0.5) is 18.9 Å². The van der Waals surface area contributed by atoms with Crippen LogP contribution in [0.25, 0.3) is 10.9 Å². The molecular formula is C26H24F3N5O6. The first kappa shape index (κ1) is 27.0. The van der Waals surface area contributed by atoms with Gasteiger partial charge in [-0.05, 0) is 18.2 Å². The zero-order chi connectivity index (χ0) is 28.3. The Bertz CT molecular complexity index is 1510. The number of hydrogen-bond donors (Lipinski definition) is 1. The Labute approximate surface area is 225 Å². The molecule has 14 heteroatoms. The van der Waals surface area contributed by atoms with Crippen LogP contribution in [0.2, 0.25) is 0 Å². The molecular weight excluding hydrogens is 535 g/mol. The molecule has 0 saturated carbocycles. The van der Waals surface area contributed by atoms with Crippen LogP contribution in [0.1, 0.15) is 10.5 Å². The third-order valence-corrected chi connectivity index (χ3v) is 5.90. The van der Waals surface area contributed by atoms with Gasteiger partial charge in [-0.1, -0.05) is 0 Å². The molecule has 40 heavy (non-hydrogen) atoms. The number of nitrogens with one attached hydrogen (secondary N) is 1. The minimum absolute atomic E-state index is 0.156. The highest BCUT2D eigenvalue weighted by atomic mass is 19.4. The number of rotatable bonds is 10. The average Bonchev–Trinajstić information content (AvgIpc) is 3.33. The minimum Gasteiger partial charge on any atom is -0.493 e. The molecule has 1 aromatic carbocycles. The molecule has 0 radical (unpaired) electrons. The molecule has 0 atom stereocenters. The third kappa shape index (κ3) is 6.17. The summed E-state index contributed by atoms with van der Waals surface area (Å²) in [5, 5.41) is 7.39. The molecule has 1 aliphatic heterocycles. The Balaban J connectivity index is 1.31. The normalized spacial score (nSPS) is 13.5. The molecule has 1 fully saturated rings. The van der Waals surface area contributed by atoms with Gasteiger partial charge in [0.1, 0.15) is 5.75 Å². The SMILES string of the molecule is COc1cc2nccc(Oc3ccc(NC(=O)c4nn(CC5COC5)cc4OCC(F)(F)F)cn3)c2cc1OC. The number of anilines is 1. The predicted octanol–water partition coefficient (Wildman–Crippen LogP) is 4.48. The van der Waals surface area contributed by atoms with Gasteiger partial charge in [0.15, 0.2) is 29.5 Å². The van der Waals surface area contributed by atoms with E-state index in [4.69, 9.17) is 23.7 Å². The van der Waals surface area contributed by atoms with Gasteiger partial charge in [0.2, 0.25) is 5.88 Å². The van der Waals surface area contributed by atoms with Gasteiger partial charge < -0.3 is 29.0 Å². The summed E-state index contributed by atoms with van der Waals surface area (Å²) in [4.78, 5) is 21.5. The van der Waals surface area contributed by atoms with E-state index in [1.807, 2.05) is 0 Å². The number of ether oxygens (including phenoxy) is 5. The number of halogens is 3. The molecule has 4 aromatic rings. The summed E-state index contributed by atoms with van der Waals surface area (Å²) >= 11 is 0. The van der Waals surface area contributed by atoms with Crippen LogP contribution in [0.5, 0.6) is 28.9 Å². The van der Waals surface area contributed by atoms with Crippen LogP contribution in [0, 0.1) is 5.92 Å². The summed E-state index contributed by atoms with van der Waals surface area (Å²) in [5.41, 5.74) is 0.608. The molecule has 1 amide bonds. The van der Waals surface area contributed by atoms with Crippen molar-refractivity contribution >= 4 is 22.5 Å². The monoisotopic (exact) mass is 559 g/mol. The zero-order valence-corrected chi connectivity index (χ0v) is 21.4. The van der Waals surface area contributed by atoms with Gasteiger partial charge in [-0.2, -0.15) is 18.3 Å². The molecule has 5 rings (SSSR count). The minimum atomic E-state index is -4.57. The number of hydrogen-bond acceptors (Lipinski definition) is 9. The second kappa shape index (κ2) is 11.3. The lowest BCUT2D eigenvalue weighted by molar-refractivity contribution is -0.153. The molecule has 0 unspecified atom stereocenters. The Hall–Kier alpha value is -4.59. The average molecular weight is 560 g/mol. The van der Waals surface area contributed by atoms with Crippen molar-refractivity contribution in [1.29, 1.82) is 0 Å². The first-order valence-corrected chi connectivity index (χ1v) is 12.0. The van der Waals surface area contributed by atoms with Gasteiger partial charge in [-0.25, -0.2) is 4.98 Å². The van der Waals surface area contributed by atoms with Crippen molar-refractivity contribution in [2.45, 2.75) is 12.7 Å². The lowest BCUT2D eigenvalue weighted by Gasteiger charge is -2.25. The van der Waals surface area contributed by atoms with Crippen LogP contribution >= 0.6 is 0 Å². The molecule has 1 N–H and O–H groups in total. The summed E-state index contributed by atoms with van der Waals surface area (Å²) in [6.07, 6.45) is -0.376. The van der Waals surface area contributed by atoms with E-state index in [0.717, 1.165) is 0 Å². The number of amides is 1. The topological polar surface area (TPSA) is 119 Å². The maximum absolute atomic E-state index is 12.9. The molecule has 1 saturated heterocycles. The maximum Gasteiger partial charge on any atom is 0.422 e. The van der Waals surface area contributed by atoms with E-state index in [0.29, 0.717) is 47.9 Å². The molecule has 4 heterocycles. The number of pyridine rings is 2. The fourth-order valence-electron chi connectivity index (χ4n) is 3.93. The number of benzene rings is 1. The van der Waals surface area contributed by atoms with Crippen molar-refractivity contribution in [2.24, 2.45) is 5.92 Å². The molecule has 11 nitrogen and oxygen atoms in total. The van der Waals surface area contributed by atoms with Crippen molar-refractivity contribution in [3.8, 4) is 28.9 Å². The third-order valence-electron chi connectivity index (χ3n) is 5.90. The van der Waals surface area contributed by atoms with Crippen molar-refractivity contribution in [1.82, 2.24) is 19.7 Å². The van der Waals surface area contributed by atoms with E-state index < -0.39 is 18.7 Å². The fraction of sp³-hybridized carbons (Fsp3) is 0.308. The fourth-order valence-corrected chi connectivity index (χ4v) is 3.93. The standard InChI is InChI=1S/C26H24F3N5O6/c1-36-20-7-17-18(8-21(20)37-2)30-6-5-19(17)40-23-4-3-16(9-31-23)32-25(35)24-22(39-14-26(27,28)29)11-34(33-24)10-15-12-38-13-15/h3-9,11,15H,10,12-14H2,1-2H3,(H,32,35). The second-order valence-electron chi connectivity index (χ2n) is 8.85. The molecule has 0 bridgehead atoms. The van der Waals surface area contributed by atoms with Crippen LogP contribution in [0.15, 0.2) is 48.9 Å². The zero-order valence-electron chi connectivity index (χ0n) is 21.4. The quantitative estimate of drug-likeness (QED) is 0.300. The summed E-state index contributed by atoms with van der Waals surface area (Å²) in [6.45, 7) is -0.151. The highest BCUT2D eigenvalue weighted by Crippen LogP contribution is 2.36. The van der Waals surface area contributed by atoms with Crippen molar-refractivity contribution in [2.75, 3.05) is 39.4 Å². The van der Waals surface area contributed by atoms with Gasteiger partial charge in [-0.15, -0.1) is 0 Å². The summed E-state index contributed by atoms with van der Waals surface area (Å²) in [6, 6.07) is 8.19. The van der Waals surface area contributed by atoms with E-state index in [-0.39, 0.29) is 28.9 Å². The van der Waals surface area contributed by atoms with Crippen LogP contribution in [-0.2, 0) is 11.3 Å². The molecule has 0 spiro atoms. The first-order valence-electron chi connectivity index (χ1n) is 12.0. The van der Waals surface area contributed by atoms with Crippen molar-refractivity contribution in [3.05, 3.63) is 54.6 Å². The van der Waals surface area contributed by atoms with Crippen molar-refractivity contribution in [3.63, 3.8) is 0 Å². The van der Waals surface area contributed by atoms with E-state index in [1.165, 1.54) is 43.4 Å². The van der Waals surface area contributed by atoms with Gasteiger partial charge in [0, 0.05) is 36.2 Å². The lowest BCUT2D eigenvalue weighted by Crippen LogP contribution is -2.31. The Morgan fingerprint density at radius 3 is 2.50 bits per heavy atom. The summed E-state index contributed by atoms with van der Waals surface area (Å²) in [5.74, 6) is 0.832. The molecule has 1 aliphatic rings. The Morgan fingerprint density at radius 2 is 1.85 bits per heavy atom. The van der Waals surface area contributed by atoms with Gasteiger partial charge in [0.05, 0.1) is 51.0 Å².